The van der Waals surface area contributed by atoms with Crippen molar-refractivity contribution in [2.45, 2.75) is 104 Å². The first kappa shape index (κ1) is 19.6. The summed E-state index contributed by atoms with van der Waals surface area (Å²) in [5, 5.41) is 9.76. The smallest absolute Gasteiger partial charge is 0.0689 e. The molecule has 0 heterocycles. The number of hydrogen-bond donors (Lipinski definition) is 0. The van der Waals surface area contributed by atoms with Gasteiger partial charge in [0, 0.05) is 0 Å². The van der Waals surface area contributed by atoms with E-state index in [1.807, 2.05) is 0 Å². The molecule has 0 aromatic carbocycles. The highest BCUT2D eigenvalue weighted by molar-refractivity contribution is 5.03. The van der Waals surface area contributed by atoms with Crippen molar-refractivity contribution in [3.8, 4) is 6.07 Å². The molecule has 0 unspecified atom stereocenters. The van der Waals surface area contributed by atoms with Crippen LogP contribution in [-0.2, 0) is 0 Å². The van der Waals surface area contributed by atoms with Crippen LogP contribution in [0.2, 0.25) is 0 Å². The van der Waals surface area contributed by atoms with Gasteiger partial charge < -0.3 is 0 Å². The third-order valence-corrected chi connectivity index (χ3v) is 6.89. The number of rotatable bonds is 8. The lowest BCUT2D eigenvalue weighted by molar-refractivity contribution is 0.117. The van der Waals surface area contributed by atoms with Gasteiger partial charge in [0.15, 0.2) is 0 Å². The highest BCUT2D eigenvalue weighted by atomic mass is 14.4. The highest BCUT2D eigenvalue weighted by Gasteiger charge is 2.38. The van der Waals surface area contributed by atoms with Crippen molar-refractivity contribution in [1.82, 2.24) is 0 Å². The zero-order valence-electron chi connectivity index (χ0n) is 16.2. The molecule has 0 N–H and O–H groups in total. The van der Waals surface area contributed by atoms with Crippen LogP contribution in [0.4, 0.5) is 0 Å². The van der Waals surface area contributed by atoms with Crippen molar-refractivity contribution < 1.29 is 0 Å². The summed E-state index contributed by atoms with van der Waals surface area (Å²) in [6.45, 7) is 4.55. The molecule has 136 valence electrons. The van der Waals surface area contributed by atoms with Crippen LogP contribution in [-0.4, -0.2) is 0 Å². The Morgan fingerprint density at radius 2 is 1.50 bits per heavy atom. The summed E-state index contributed by atoms with van der Waals surface area (Å²) >= 11 is 0. The summed E-state index contributed by atoms with van der Waals surface area (Å²) < 4.78 is 0. The first-order valence-corrected chi connectivity index (χ1v) is 10.8. The fourth-order valence-corrected chi connectivity index (χ4v) is 5.20. The average Bonchev–Trinajstić information content (AvgIpc) is 2.63. The molecular weight excluding hydrogens is 290 g/mol. The maximum atomic E-state index is 9.76. The topological polar surface area (TPSA) is 23.8 Å². The molecule has 2 aliphatic rings. The maximum Gasteiger partial charge on any atom is 0.0689 e. The van der Waals surface area contributed by atoms with Crippen molar-refractivity contribution in [3.63, 3.8) is 0 Å². The monoisotopic (exact) mass is 329 g/mol. The summed E-state index contributed by atoms with van der Waals surface area (Å²) in [6, 6.07) is 2.72. The molecule has 0 saturated heterocycles. The standard InChI is InChI=1S/C23H39N/c1-3-5-6-7-8-16-23(19-24)17-14-22(15-18-23)21-12-10-20(9-4-2)11-13-21/h6-7,20-22H,3-5,8-18H2,1-2H3. The second kappa shape index (κ2) is 10.3. The number of unbranched alkanes of at least 4 members (excludes halogenated alkanes) is 1. The van der Waals surface area contributed by atoms with Crippen molar-refractivity contribution in [1.29, 1.82) is 5.26 Å². The van der Waals surface area contributed by atoms with Crippen LogP contribution in [0, 0.1) is 34.5 Å². The normalized spacial score (nSPS) is 34.3. The Balaban J connectivity index is 1.74. The molecule has 0 radical (unpaired) electrons. The predicted octanol–water partition coefficient (Wildman–Crippen LogP) is 7.43. The fourth-order valence-electron chi connectivity index (χ4n) is 5.20. The third-order valence-electron chi connectivity index (χ3n) is 6.89. The molecule has 0 aromatic heterocycles. The van der Waals surface area contributed by atoms with Crippen molar-refractivity contribution in [3.05, 3.63) is 12.2 Å². The lowest BCUT2D eigenvalue weighted by Crippen LogP contribution is -2.31. The van der Waals surface area contributed by atoms with Crippen molar-refractivity contribution in [2.75, 3.05) is 0 Å². The number of allylic oxidation sites excluding steroid dienone is 2. The Bertz CT molecular complexity index is 400. The van der Waals surface area contributed by atoms with Crippen LogP contribution in [0.15, 0.2) is 12.2 Å². The minimum atomic E-state index is -0.00747. The van der Waals surface area contributed by atoms with E-state index in [9.17, 15) is 5.26 Å². The van der Waals surface area contributed by atoms with Crippen LogP contribution >= 0.6 is 0 Å². The first-order valence-electron chi connectivity index (χ1n) is 10.8. The SMILES string of the molecule is CCCC=CCCC1(C#N)CCC(C2CCC(CCC)CC2)CC1. The first-order chi connectivity index (χ1) is 11.7. The van der Waals surface area contributed by atoms with Crippen molar-refractivity contribution >= 4 is 0 Å². The quantitative estimate of drug-likeness (QED) is 0.425. The van der Waals surface area contributed by atoms with E-state index in [0.717, 1.165) is 43.4 Å². The second-order valence-electron chi connectivity index (χ2n) is 8.60. The molecule has 0 aromatic rings. The fraction of sp³-hybridized carbons (Fsp3) is 0.870. The molecule has 2 rings (SSSR count). The zero-order chi connectivity index (χ0) is 17.3. The van der Waals surface area contributed by atoms with Crippen molar-refractivity contribution in [2.24, 2.45) is 23.2 Å². The van der Waals surface area contributed by atoms with E-state index in [1.165, 1.54) is 64.2 Å². The Morgan fingerprint density at radius 3 is 2.08 bits per heavy atom. The van der Waals surface area contributed by atoms with Gasteiger partial charge in [0.2, 0.25) is 0 Å². The van der Waals surface area contributed by atoms with Gasteiger partial charge in [0.1, 0.15) is 0 Å². The molecule has 0 bridgehead atoms. The van der Waals surface area contributed by atoms with Crippen LogP contribution in [0.5, 0.6) is 0 Å². The molecule has 0 spiro atoms. The Hall–Kier alpha value is -0.770. The number of hydrogen-bond acceptors (Lipinski definition) is 1. The lowest BCUT2D eigenvalue weighted by Gasteiger charge is -2.40. The second-order valence-corrected chi connectivity index (χ2v) is 8.60. The van der Waals surface area contributed by atoms with Crippen LogP contribution < -0.4 is 0 Å². The van der Waals surface area contributed by atoms with E-state index < -0.39 is 0 Å². The van der Waals surface area contributed by atoms with Gasteiger partial charge in [-0.1, -0.05) is 58.1 Å². The average molecular weight is 330 g/mol. The molecule has 0 atom stereocenters. The molecule has 1 nitrogen and oxygen atoms in total. The third kappa shape index (κ3) is 5.65. The molecule has 0 amide bonds. The van der Waals surface area contributed by atoms with Gasteiger partial charge in [-0.05, 0) is 75.5 Å². The maximum absolute atomic E-state index is 9.76. The van der Waals surface area contributed by atoms with Gasteiger partial charge in [-0.3, -0.25) is 0 Å². The summed E-state index contributed by atoms with van der Waals surface area (Å²) in [5.74, 6) is 2.91. The van der Waals surface area contributed by atoms with E-state index in [1.54, 1.807) is 0 Å². The molecule has 1 heteroatoms. The number of nitriles is 1. The van der Waals surface area contributed by atoms with Gasteiger partial charge in [0.25, 0.3) is 0 Å². The minimum Gasteiger partial charge on any atom is -0.198 e. The molecule has 2 aliphatic carbocycles. The summed E-state index contributed by atoms with van der Waals surface area (Å²) in [5.41, 5.74) is -0.00747. The highest BCUT2D eigenvalue weighted by Crippen LogP contribution is 2.47. The van der Waals surface area contributed by atoms with Gasteiger partial charge in [-0.2, -0.15) is 5.26 Å². The largest absolute Gasteiger partial charge is 0.198 e. The van der Waals surface area contributed by atoms with Gasteiger partial charge in [-0.25, -0.2) is 0 Å². The molecule has 2 saturated carbocycles. The lowest BCUT2D eigenvalue weighted by atomic mass is 9.63. The molecule has 0 aliphatic heterocycles. The number of nitrogens with zero attached hydrogens (tertiary/aromatic N) is 1. The van der Waals surface area contributed by atoms with Gasteiger partial charge >= 0.3 is 0 Å². The Morgan fingerprint density at radius 1 is 0.875 bits per heavy atom. The van der Waals surface area contributed by atoms with Gasteiger partial charge in [0.05, 0.1) is 11.5 Å². The van der Waals surface area contributed by atoms with Gasteiger partial charge in [-0.15, -0.1) is 0 Å². The van der Waals surface area contributed by atoms with Crippen LogP contribution in [0.3, 0.4) is 0 Å². The minimum absolute atomic E-state index is 0.00747. The predicted molar refractivity (Wildman–Crippen MR) is 104 cm³/mol. The zero-order valence-corrected chi connectivity index (χ0v) is 16.2. The summed E-state index contributed by atoms with van der Waals surface area (Å²) in [7, 11) is 0. The van der Waals surface area contributed by atoms with E-state index in [4.69, 9.17) is 0 Å². The van der Waals surface area contributed by atoms with Crippen LogP contribution in [0.25, 0.3) is 0 Å². The summed E-state index contributed by atoms with van der Waals surface area (Å²) in [4.78, 5) is 0. The van der Waals surface area contributed by atoms with E-state index >= 15 is 0 Å². The Labute approximate surface area is 150 Å². The molecular formula is C23H39N. The molecule has 24 heavy (non-hydrogen) atoms. The molecule has 2 fully saturated rings. The Kier molecular flexibility index (Phi) is 8.37. The van der Waals surface area contributed by atoms with E-state index in [0.29, 0.717) is 0 Å². The van der Waals surface area contributed by atoms with E-state index in [-0.39, 0.29) is 5.41 Å². The van der Waals surface area contributed by atoms with E-state index in [2.05, 4.69) is 32.1 Å². The van der Waals surface area contributed by atoms with Crippen LogP contribution in [0.1, 0.15) is 104 Å². The summed E-state index contributed by atoms with van der Waals surface area (Å²) in [6.07, 6.45) is 22.8.